The van der Waals surface area contributed by atoms with Gasteiger partial charge in [0.2, 0.25) is 17.7 Å². The Morgan fingerprint density at radius 3 is 2.54 bits per heavy atom. The van der Waals surface area contributed by atoms with Crippen molar-refractivity contribution in [3.8, 4) is 0 Å². The SMILES string of the molecule is CC(C)C1NC(=O)C2CC(NC(=O)C3CCCCC3)CCN2C1=O. The van der Waals surface area contributed by atoms with Crippen LogP contribution in [0.5, 0.6) is 0 Å². The number of hydrogen-bond acceptors (Lipinski definition) is 3. The van der Waals surface area contributed by atoms with Gasteiger partial charge in [0.25, 0.3) is 0 Å². The molecule has 134 valence electrons. The van der Waals surface area contributed by atoms with Crippen LogP contribution in [0.4, 0.5) is 0 Å². The Kier molecular flexibility index (Phi) is 5.11. The second-order valence-electron chi connectivity index (χ2n) is 7.84. The fraction of sp³-hybridized carbons (Fsp3) is 0.833. The van der Waals surface area contributed by atoms with E-state index in [-0.39, 0.29) is 35.6 Å². The number of nitrogens with one attached hydrogen (secondary N) is 2. The van der Waals surface area contributed by atoms with Gasteiger partial charge in [-0.05, 0) is 31.6 Å². The number of nitrogens with zero attached hydrogens (tertiary/aromatic N) is 1. The van der Waals surface area contributed by atoms with E-state index >= 15 is 0 Å². The number of amides is 3. The zero-order chi connectivity index (χ0) is 17.3. The standard InChI is InChI=1S/C18H29N3O3/c1-11(2)15-18(24)21-9-8-13(10-14(21)17(23)20-15)19-16(22)12-6-4-3-5-7-12/h11-15H,3-10H2,1-2H3,(H,19,22)(H,20,23). The molecule has 0 aromatic carbocycles. The maximum absolute atomic E-state index is 12.5. The van der Waals surface area contributed by atoms with Crippen LogP contribution in [0.15, 0.2) is 0 Å². The summed E-state index contributed by atoms with van der Waals surface area (Å²) in [5, 5.41) is 5.99. The zero-order valence-electron chi connectivity index (χ0n) is 14.7. The lowest BCUT2D eigenvalue weighted by atomic mass is 9.87. The van der Waals surface area contributed by atoms with E-state index in [4.69, 9.17) is 0 Å². The predicted molar refractivity (Wildman–Crippen MR) is 90.0 cm³/mol. The average molecular weight is 335 g/mol. The molecule has 0 radical (unpaired) electrons. The van der Waals surface area contributed by atoms with Gasteiger partial charge in [-0.1, -0.05) is 33.1 Å². The van der Waals surface area contributed by atoms with Gasteiger partial charge in [0.15, 0.2) is 0 Å². The summed E-state index contributed by atoms with van der Waals surface area (Å²) >= 11 is 0. The summed E-state index contributed by atoms with van der Waals surface area (Å²) in [6.45, 7) is 4.44. The van der Waals surface area contributed by atoms with E-state index in [2.05, 4.69) is 10.6 Å². The molecule has 3 rings (SSSR count). The van der Waals surface area contributed by atoms with Crippen LogP contribution in [0, 0.1) is 11.8 Å². The largest absolute Gasteiger partial charge is 0.353 e. The fourth-order valence-corrected chi connectivity index (χ4v) is 4.23. The fourth-order valence-electron chi connectivity index (χ4n) is 4.23. The number of carbonyl (C=O) groups excluding carboxylic acids is 3. The highest BCUT2D eigenvalue weighted by Gasteiger charge is 2.45. The van der Waals surface area contributed by atoms with Crippen LogP contribution in [0.3, 0.4) is 0 Å². The van der Waals surface area contributed by atoms with E-state index in [1.165, 1.54) is 6.42 Å². The topological polar surface area (TPSA) is 78.5 Å². The van der Waals surface area contributed by atoms with E-state index in [1.807, 2.05) is 13.8 Å². The quantitative estimate of drug-likeness (QED) is 0.813. The molecule has 0 bridgehead atoms. The first-order chi connectivity index (χ1) is 11.5. The second kappa shape index (κ2) is 7.11. The van der Waals surface area contributed by atoms with Crippen molar-refractivity contribution in [1.82, 2.24) is 15.5 Å². The van der Waals surface area contributed by atoms with E-state index in [1.54, 1.807) is 4.90 Å². The molecule has 6 heteroatoms. The lowest BCUT2D eigenvalue weighted by Gasteiger charge is -2.45. The van der Waals surface area contributed by atoms with Crippen molar-refractivity contribution in [3.63, 3.8) is 0 Å². The van der Waals surface area contributed by atoms with Gasteiger partial charge in [0.1, 0.15) is 12.1 Å². The van der Waals surface area contributed by atoms with Crippen LogP contribution in [0.2, 0.25) is 0 Å². The van der Waals surface area contributed by atoms with Crippen molar-refractivity contribution in [2.24, 2.45) is 11.8 Å². The summed E-state index contributed by atoms with van der Waals surface area (Å²) in [5.41, 5.74) is 0. The van der Waals surface area contributed by atoms with Crippen molar-refractivity contribution in [1.29, 1.82) is 0 Å². The normalized spacial score (nSPS) is 31.6. The van der Waals surface area contributed by atoms with Crippen molar-refractivity contribution in [2.75, 3.05) is 6.54 Å². The molecule has 2 aliphatic heterocycles. The minimum atomic E-state index is -0.432. The molecule has 2 saturated heterocycles. The maximum Gasteiger partial charge on any atom is 0.246 e. The molecule has 6 nitrogen and oxygen atoms in total. The van der Waals surface area contributed by atoms with Crippen molar-refractivity contribution in [3.05, 3.63) is 0 Å². The van der Waals surface area contributed by atoms with Gasteiger partial charge in [-0.2, -0.15) is 0 Å². The van der Waals surface area contributed by atoms with Crippen LogP contribution in [0.25, 0.3) is 0 Å². The third kappa shape index (κ3) is 3.42. The molecular weight excluding hydrogens is 306 g/mol. The van der Waals surface area contributed by atoms with Gasteiger partial charge in [-0.3, -0.25) is 14.4 Å². The van der Waals surface area contributed by atoms with Crippen LogP contribution >= 0.6 is 0 Å². The molecule has 3 fully saturated rings. The molecule has 3 unspecified atom stereocenters. The van der Waals surface area contributed by atoms with Gasteiger partial charge in [0, 0.05) is 18.5 Å². The average Bonchev–Trinajstić information content (AvgIpc) is 2.58. The minimum Gasteiger partial charge on any atom is -0.353 e. The molecule has 0 aromatic rings. The molecule has 0 spiro atoms. The van der Waals surface area contributed by atoms with E-state index in [0.717, 1.165) is 32.1 Å². The highest BCUT2D eigenvalue weighted by atomic mass is 16.2. The van der Waals surface area contributed by atoms with Gasteiger partial charge in [-0.15, -0.1) is 0 Å². The van der Waals surface area contributed by atoms with E-state index < -0.39 is 12.1 Å². The number of hydrogen-bond donors (Lipinski definition) is 2. The first-order valence-electron chi connectivity index (χ1n) is 9.38. The highest BCUT2D eigenvalue weighted by Crippen LogP contribution is 2.27. The Hall–Kier alpha value is -1.59. The number of fused-ring (bicyclic) bond motifs is 1. The Bertz CT molecular complexity index is 514. The first-order valence-corrected chi connectivity index (χ1v) is 9.38. The Morgan fingerprint density at radius 1 is 1.17 bits per heavy atom. The summed E-state index contributed by atoms with van der Waals surface area (Å²) in [6.07, 6.45) is 6.70. The summed E-state index contributed by atoms with van der Waals surface area (Å²) in [5.74, 6) is 0.294. The number of piperazine rings is 1. The van der Waals surface area contributed by atoms with Gasteiger partial charge < -0.3 is 15.5 Å². The third-order valence-electron chi connectivity index (χ3n) is 5.74. The summed E-state index contributed by atoms with van der Waals surface area (Å²) < 4.78 is 0. The monoisotopic (exact) mass is 335 g/mol. The zero-order valence-corrected chi connectivity index (χ0v) is 14.7. The Balaban J connectivity index is 1.59. The van der Waals surface area contributed by atoms with Gasteiger partial charge in [0.05, 0.1) is 0 Å². The molecule has 2 heterocycles. The van der Waals surface area contributed by atoms with Crippen LogP contribution in [0.1, 0.15) is 58.8 Å². The molecule has 1 aliphatic carbocycles. The molecule has 1 saturated carbocycles. The highest BCUT2D eigenvalue weighted by molar-refractivity contribution is 5.97. The van der Waals surface area contributed by atoms with Crippen molar-refractivity contribution < 1.29 is 14.4 Å². The molecule has 2 N–H and O–H groups in total. The van der Waals surface area contributed by atoms with E-state index in [9.17, 15) is 14.4 Å². The summed E-state index contributed by atoms with van der Waals surface area (Å²) in [6, 6.07) is -0.852. The number of piperidine rings is 1. The van der Waals surface area contributed by atoms with Crippen LogP contribution < -0.4 is 10.6 Å². The first kappa shape index (κ1) is 17.2. The third-order valence-corrected chi connectivity index (χ3v) is 5.74. The van der Waals surface area contributed by atoms with Crippen LogP contribution in [-0.2, 0) is 14.4 Å². The van der Waals surface area contributed by atoms with Gasteiger partial charge >= 0.3 is 0 Å². The Morgan fingerprint density at radius 2 is 1.88 bits per heavy atom. The number of carbonyl (C=O) groups is 3. The molecule has 24 heavy (non-hydrogen) atoms. The summed E-state index contributed by atoms with van der Waals surface area (Å²) in [7, 11) is 0. The molecule has 0 aromatic heterocycles. The van der Waals surface area contributed by atoms with Gasteiger partial charge in [-0.25, -0.2) is 0 Å². The predicted octanol–water partition coefficient (Wildman–Crippen LogP) is 1.20. The summed E-state index contributed by atoms with van der Waals surface area (Å²) in [4.78, 5) is 39.1. The maximum atomic E-state index is 12.5. The van der Waals surface area contributed by atoms with Crippen LogP contribution in [-0.4, -0.2) is 47.3 Å². The molecule has 3 amide bonds. The smallest absolute Gasteiger partial charge is 0.246 e. The molecule has 3 aliphatic rings. The molecular formula is C18H29N3O3. The molecule has 3 atom stereocenters. The van der Waals surface area contributed by atoms with E-state index in [0.29, 0.717) is 13.0 Å². The second-order valence-corrected chi connectivity index (χ2v) is 7.84. The Labute approximate surface area is 143 Å². The lowest BCUT2D eigenvalue weighted by molar-refractivity contribution is -0.153. The van der Waals surface area contributed by atoms with Crippen molar-refractivity contribution in [2.45, 2.75) is 76.9 Å². The minimum absolute atomic E-state index is 0.00479. The number of rotatable bonds is 3. The van der Waals surface area contributed by atoms with Crippen molar-refractivity contribution >= 4 is 17.7 Å². The lowest BCUT2D eigenvalue weighted by Crippen LogP contribution is -2.68.